The summed E-state index contributed by atoms with van der Waals surface area (Å²) < 4.78 is 37.4. The largest absolute Gasteiger partial charge is 0.616 e. The van der Waals surface area contributed by atoms with Crippen molar-refractivity contribution in [1.29, 1.82) is 0 Å². The fraction of sp³-hybridized carbons (Fsp3) is 0.333. The standard InChI is InChI=1S/C15H20N4O3S2/c1-3-8-24(21,22)19-12-6-4-11(5-7-12)15-17-13(10-23(2)20)9-14(16)18-15/h4-7,9,19H,3,8,10H2,1-2H3,(H2,16,17,18). The van der Waals surface area contributed by atoms with Crippen LogP contribution in [0, 0.1) is 0 Å². The van der Waals surface area contributed by atoms with Crippen molar-refractivity contribution in [1.82, 2.24) is 9.97 Å². The first-order valence-corrected chi connectivity index (χ1v) is 10.7. The van der Waals surface area contributed by atoms with Crippen molar-refractivity contribution in [3.05, 3.63) is 36.0 Å². The molecule has 1 aromatic carbocycles. The molecule has 1 aromatic heterocycles. The Balaban J connectivity index is 2.23. The molecule has 0 aliphatic heterocycles. The van der Waals surface area contributed by atoms with Crippen molar-refractivity contribution >= 4 is 32.7 Å². The van der Waals surface area contributed by atoms with Crippen LogP contribution in [-0.4, -0.2) is 34.9 Å². The molecule has 0 saturated heterocycles. The zero-order chi connectivity index (χ0) is 17.7. The Hall–Kier alpha value is -1.84. The van der Waals surface area contributed by atoms with Crippen LogP contribution >= 0.6 is 0 Å². The molecular weight excluding hydrogens is 348 g/mol. The van der Waals surface area contributed by atoms with Crippen LogP contribution in [0.2, 0.25) is 0 Å². The number of nitrogen functional groups attached to an aromatic ring is 1. The van der Waals surface area contributed by atoms with Crippen molar-refractivity contribution in [2.45, 2.75) is 19.1 Å². The maximum atomic E-state index is 11.8. The van der Waals surface area contributed by atoms with Crippen LogP contribution in [0.5, 0.6) is 0 Å². The average molecular weight is 368 g/mol. The minimum Gasteiger partial charge on any atom is -0.616 e. The molecule has 0 aliphatic carbocycles. The molecular formula is C15H20N4O3S2. The number of sulfonamides is 1. The number of hydrogen-bond donors (Lipinski definition) is 2. The summed E-state index contributed by atoms with van der Waals surface area (Å²) in [5.74, 6) is 1.09. The van der Waals surface area contributed by atoms with E-state index in [0.717, 1.165) is 0 Å². The van der Waals surface area contributed by atoms with Crippen molar-refractivity contribution < 1.29 is 13.0 Å². The van der Waals surface area contributed by atoms with E-state index in [1.807, 2.05) is 0 Å². The normalized spacial score (nSPS) is 12.8. The Labute approximate surface area is 144 Å². The third-order valence-corrected chi connectivity index (χ3v) is 5.23. The van der Waals surface area contributed by atoms with Gasteiger partial charge in [0.15, 0.2) is 5.82 Å². The predicted molar refractivity (Wildman–Crippen MR) is 97.4 cm³/mol. The summed E-state index contributed by atoms with van der Waals surface area (Å²) in [6.07, 6.45) is 2.14. The Morgan fingerprint density at radius 1 is 1.25 bits per heavy atom. The zero-order valence-corrected chi connectivity index (χ0v) is 15.2. The molecule has 2 aromatic rings. The average Bonchev–Trinajstić information content (AvgIpc) is 2.46. The van der Waals surface area contributed by atoms with E-state index in [-0.39, 0.29) is 5.75 Å². The molecule has 1 unspecified atom stereocenters. The maximum absolute atomic E-state index is 11.8. The summed E-state index contributed by atoms with van der Waals surface area (Å²) in [5.41, 5.74) is 7.56. The van der Waals surface area contributed by atoms with Gasteiger partial charge in [0.25, 0.3) is 0 Å². The van der Waals surface area contributed by atoms with Gasteiger partial charge in [0.2, 0.25) is 10.0 Å². The zero-order valence-electron chi connectivity index (χ0n) is 13.5. The van der Waals surface area contributed by atoms with Crippen molar-refractivity contribution in [2.75, 3.05) is 22.5 Å². The van der Waals surface area contributed by atoms with Crippen molar-refractivity contribution in [3.63, 3.8) is 0 Å². The highest BCUT2D eigenvalue weighted by atomic mass is 32.2. The summed E-state index contributed by atoms with van der Waals surface area (Å²) >= 11 is -1.03. The van der Waals surface area contributed by atoms with Crippen LogP contribution in [0.1, 0.15) is 19.0 Å². The maximum Gasteiger partial charge on any atom is 0.232 e. The van der Waals surface area contributed by atoms with E-state index in [1.165, 1.54) is 0 Å². The number of nitrogens with one attached hydrogen (secondary N) is 1. The Bertz CT molecular complexity index is 793. The quantitative estimate of drug-likeness (QED) is 0.718. The van der Waals surface area contributed by atoms with Gasteiger partial charge in [0.05, 0.1) is 17.7 Å². The molecule has 0 saturated carbocycles. The molecule has 0 aliphatic rings. The monoisotopic (exact) mass is 368 g/mol. The number of rotatable bonds is 7. The fourth-order valence-electron chi connectivity index (χ4n) is 2.12. The van der Waals surface area contributed by atoms with Gasteiger partial charge in [-0.15, -0.1) is 0 Å². The smallest absolute Gasteiger partial charge is 0.232 e. The number of hydrogen-bond acceptors (Lipinski definition) is 6. The second-order valence-corrected chi connectivity index (χ2v) is 8.60. The third-order valence-electron chi connectivity index (χ3n) is 3.04. The molecule has 0 bridgehead atoms. The number of aromatic nitrogens is 2. The molecule has 3 N–H and O–H groups in total. The van der Waals surface area contributed by atoms with E-state index in [2.05, 4.69) is 14.7 Å². The van der Waals surface area contributed by atoms with E-state index in [4.69, 9.17) is 5.73 Å². The van der Waals surface area contributed by atoms with Crippen LogP contribution in [0.4, 0.5) is 11.5 Å². The van der Waals surface area contributed by atoms with E-state index < -0.39 is 21.2 Å². The summed E-state index contributed by atoms with van der Waals surface area (Å²) in [7, 11) is -3.32. The molecule has 0 fully saturated rings. The third kappa shape index (κ3) is 5.36. The first-order valence-electron chi connectivity index (χ1n) is 7.33. The molecule has 1 atom stereocenters. The highest BCUT2D eigenvalue weighted by Gasteiger charge is 2.11. The predicted octanol–water partition coefficient (Wildman–Crippen LogP) is 1.76. The van der Waals surface area contributed by atoms with Crippen LogP contribution in [0.25, 0.3) is 11.4 Å². The van der Waals surface area contributed by atoms with Gasteiger partial charge in [0, 0.05) is 17.3 Å². The molecule has 0 spiro atoms. The number of benzene rings is 1. The van der Waals surface area contributed by atoms with Crippen LogP contribution in [-0.2, 0) is 27.0 Å². The molecule has 9 heteroatoms. The highest BCUT2D eigenvalue weighted by Crippen LogP contribution is 2.21. The second-order valence-electron chi connectivity index (χ2n) is 5.32. The van der Waals surface area contributed by atoms with Gasteiger partial charge in [-0.25, -0.2) is 18.4 Å². The van der Waals surface area contributed by atoms with Gasteiger partial charge in [-0.3, -0.25) is 4.72 Å². The van der Waals surface area contributed by atoms with Gasteiger partial charge >= 0.3 is 0 Å². The van der Waals surface area contributed by atoms with Gasteiger partial charge < -0.3 is 10.3 Å². The number of anilines is 2. The van der Waals surface area contributed by atoms with E-state index in [9.17, 15) is 13.0 Å². The molecule has 1 heterocycles. The van der Waals surface area contributed by atoms with Crippen LogP contribution < -0.4 is 10.5 Å². The minimum absolute atomic E-state index is 0.0740. The van der Waals surface area contributed by atoms with Gasteiger partial charge in [-0.2, -0.15) is 0 Å². The summed E-state index contributed by atoms with van der Waals surface area (Å²) in [6.45, 7) is 1.81. The molecule has 0 amide bonds. The molecule has 130 valence electrons. The van der Waals surface area contributed by atoms with Gasteiger partial charge in [-0.1, -0.05) is 18.1 Å². The summed E-state index contributed by atoms with van der Waals surface area (Å²) in [5, 5.41) is 0. The van der Waals surface area contributed by atoms with Gasteiger partial charge in [0.1, 0.15) is 11.6 Å². The summed E-state index contributed by atoms with van der Waals surface area (Å²) in [4.78, 5) is 8.53. The van der Waals surface area contributed by atoms with E-state index in [0.29, 0.717) is 40.8 Å². The summed E-state index contributed by atoms with van der Waals surface area (Å²) in [6, 6.07) is 8.31. The lowest BCUT2D eigenvalue weighted by atomic mass is 10.2. The lowest BCUT2D eigenvalue weighted by Crippen LogP contribution is -2.15. The fourth-order valence-corrected chi connectivity index (χ4v) is 3.82. The van der Waals surface area contributed by atoms with Crippen molar-refractivity contribution in [2.24, 2.45) is 0 Å². The number of nitrogens with zero attached hydrogens (tertiary/aromatic N) is 2. The number of nitrogens with two attached hydrogens (primary N) is 1. The molecule has 7 nitrogen and oxygen atoms in total. The van der Waals surface area contributed by atoms with Crippen LogP contribution in [0.15, 0.2) is 30.3 Å². The first-order chi connectivity index (χ1) is 11.3. The first kappa shape index (κ1) is 18.5. The second kappa shape index (κ2) is 7.82. The van der Waals surface area contributed by atoms with Gasteiger partial charge in [-0.05, 0) is 30.7 Å². The Kier molecular flexibility index (Phi) is 6.03. The lowest BCUT2D eigenvalue weighted by Gasteiger charge is -2.09. The van der Waals surface area contributed by atoms with Crippen LogP contribution in [0.3, 0.4) is 0 Å². The van der Waals surface area contributed by atoms with Crippen molar-refractivity contribution in [3.8, 4) is 11.4 Å². The Morgan fingerprint density at radius 2 is 1.92 bits per heavy atom. The molecule has 2 rings (SSSR count). The molecule has 0 radical (unpaired) electrons. The van der Waals surface area contributed by atoms with E-state index in [1.54, 1.807) is 43.5 Å². The topological polar surface area (TPSA) is 121 Å². The Morgan fingerprint density at radius 3 is 2.50 bits per heavy atom. The lowest BCUT2D eigenvalue weighted by molar-refractivity contribution is 0.598. The SMILES string of the molecule is CCCS(=O)(=O)Nc1ccc(-c2nc(N)cc(C[S+](C)[O-])n2)cc1. The van der Waals surface area contributed by atoms with E-state index >= 15 is 0 Å². The highest BCUT2D eigenvalue weighted by molar-refractivity contribution is 7.92. The molecule has 24 heavy (non-hydrogen) atoms. The minimum atomic E-state index is -3.32.